The minimum absolute atomic E-state index is 0.161. The molecule has 17 rings (SSSR count). The van der Waals surface area contributed by atoms with Crippen LogP contribution >= 0.6 is 69.6 Å². The fourth-order valence-electron chi connectivity index (χ4n) is 14.1. The molecule has 12 aromatic rings. The second kappa shape index (κ2) is 33.2. The molecule has 560 valence electrons. The standard InChI is InChI=1S/2C29H22Cl2FN3O3.C26H19Cl2FN4O2/c2*30-19-7-10-24(23(31)13-19)35-28-18(11-16-5-8-20(32)9-6-16)14-38-15-22(28)27(34-35)29(37)33-26-21-4-2-1-3-17(21)12-25(26)36;27-18-6-9-23(22(28)12-18)33-25-17(11-16-4-7-19(29)8-5-16)14-35-15-21(25)24(32-33)26(34)31-13-20-3-1-2-10-30-20/h2*1-11,13,25-26,36H,12,14-15H2,(H,33,37);1-12H,13-15H2,(H,31,34)/b2*18-11+;17-11+/t2*25-,26+;/m10./s1. The van der Waals surface area contributed by atoms with Crippen LogP contribution in [-0.4, -0.2) is 94.3 Å². The molecule has 4 atom stereocenters. The maximum Gasteiger partial charge on any atom is 0.272 e. The summed E-state index contributed by atoms with van der Waals surface area (Å²) in [5, 5.41) is 46.8. The van der Waals surface area contributed by atoms with Crippen LogP contribution in [0, 0.1) is 17.5 Å². The molecule has 8 aromatic carbocycles. The molecule has 3 amide bonds. The summed E-state index contributed by atoms with van der Waals surface area (Å²) in [7, 11) is 0. The molecule has 0 bridgehead atoms. The van der Waals surface area contributed by atoms with E-state index >= 15 is 0 Å². The number of fused-ring (bicyclic) bond motifs is 5. The molecule has 7 heterocycles. The zero-order valence-electron chi connectivity index (χ0n) is 58.3. The van der Waals surface area contributed by atoms with Crippen molar-refractivity contribution in [2.75, 3.05) is 19.8 Å². The van der Waals surface area contributed by atoms with Crippen molar-refractivity contribution in [1.29, 1.82) is 0 Å². The predicted octanol–water partition coefficient (Wildman–Crippen LogP) is 17.3. The van der Waals surface area contributed by atoms with E-state index in [0.29, 0.717) is 93.8 Å². The molecular formula is C84H63Cl6F3N10O8. The van der Waals surface area contributed by atoms with Gasteiger partial charge in [0.15, 0.2) is 17.1 Å². The van der Waals surface area contributed by atoms with Crippen LogP contribution in [0.3, 0.4) is 0 Å². The fraction of sp³-hybridized carbons (Fsp3) is 0.155. The lowest BCUT2D eigenvalue weighted by atomic mass is 10.0. The van der Waals surface area contributed by atoms with E-state index in [9.17, 15) is 37.8 Å². The van der Waals surface area contributed by atoms with Crippen LogP contribution < -0.4 is 16.0 Å². The van der Waals surface area contributed by atoms with Crippen LogP contribution in [0.1, 0.15) is 122 Å². The van der Waals surface area contributed by atoms with Crippen molar-refractivity contribution in [3.05, 3.63) is 343 Å². The van der Waals surface area contributed by atoms with Crippen molar-refractivity contribution in [1.82, 2.24) is 50.3 Å². The Labute approximate surface area is 663 Å². The number of amides is 3. The summed E-state index contributed by atoms with van der Waals surface area (Å²) in [5.41, 5.74) is 15.2. The minimum atomic E-state index is -0.745. The number of nitrogens with one attached hydrogen (secondary N) is 3. The van der Waals surface area contributed by atoms with Crippen molar-refractivity contribution < 1.29 is 52.0 Å². The van der Waals surface area contributed by atoms with Gasteiger partial charge in [0.1, 0.15) is 17.5 Å². The summed E-state index contributed by atoms with van der Waals surface area (Å²) in [6.07, 6.45) is 6.73. The fourth-order valence-corrected chi connectivity index (χ4v) is 15.5. The zero-order valence-corrected chi connectivity index (χ0v) is 62.9. The van der Waals surface area contributed by atoms with E-state index in [2.05, 4.69) is 26.0 Å². The average molecular weight is 1610 g/mol. The molecule has 0 unspecified atom stereocenters. The van der Waals surface area contributed by atoms with Gasteiger partial charge in [0.05, 0.1) is 125 Å². The largest absolute Gasteiger partial charge is 0.390 e. The number of halogens is 9. The first kappa shape index (κ1) is 75.9. The maximum absolute atomic E-state index is 13.6. The van der Waals surface area contributed by atoms with Gasteiger partial charge in [-0.25, -0.2) is 27.2 Å². The molecule has 0 spiro atoms. The Hall–Kier alpha value is -10.5. The molecule has 0 saturated carbocycles. The van der Waals surface area contributed by atoms with Gasteiger partial charge in [-0.1, -0.05) is 161 Å². The van der Waals surface area contributed by atoms with Crippen molar-refractivity contribution in [3.8, 4) is 17.1 Å². The molecule has 2 aliphatic carbocycles. The quantitative estimate of drug-likeness (QED) is 0.0727. The third-order valence-corrected chi connectivity index (χ3v) is 20.8. The van der Waals surface area contributed by atoms with Gasteiger partial charge in [0, 0.05) is 67.5 Å². The number of rotatable bonds is 13. The first-order valence-corrected chi connectivity index (χ1v) is 37.2. The van der Waals surface area contributed by atoms with Crippen molar-refractivity contribution in [2.24, 2.45) is 0 Å². The van der Waals surface area contributed by atoms with Crippen LogP contribution in [-0.2, 0) is 53.4 Å². The summed E-state index contributed by atoms with van der Waals surface area (Å²) in [6.45, 7) is 1.59. The van der Waals surface area contributed by atoms with E-state index in [0.717, 1.165) is 61.4 Å². The maximum atomic E-state index is 13.6. The summed E-state index contributed by atoms with van der Waals surface area (Å²) in [6, 6.07) is 53.2. The van der Waals surface area contributed by atoms with Gasteiger partial charge >= 0.3 is 0 Å². The zero-order chi connectivity index (χ0) is 77.1. The first-order chi connectivity index (χ1) is 53.8. The van der Waals surface area contributed by atoms with Crippen LogP contribution in [0.2, 0.25) is 30.1 Å². The number of pyridine rings is 1. The number of aromatic nitrogens is 7. The number of aliphatic hydroxyl groups excluding tert-OH is 2. The molecule has 27 heteroatoms. The van der Waals surface area contributed by atoms with Crippen molar-refractivity contribution in [2.45, 2.75) is 63.5 Å². The summed E-state index contributed by atoms with van der Waals surface area (Å²) < 4.78 is 62.8. The Bertz CT molecular complexity index is 5450. The molecule has 5 N–H and O–H groups in total. The minimum Gasteiger partial charge on any atom is -0.390 e. The van der Waals surface area contributed by atoms with Gasteiger partial charge in [-0.2, -0.15) is 15.3 Å². The Morgan fingerprint density at radius 2 is 0.775 bits per heavy atom. The third kappa shape index (κ3) is 16.5. The SMILES string of the molecule is O=C(NCc1ccccn1)c1nn(-c2ccc(Cl)cc2Cl)c2c1COC/C2=C\c1ccc(F)cc1.O=C(N[C@@H]1c2ccccc2C[C@@H]1O)c1nn(-c2ccc(Cl)cc2Cl)c2c1COC/C2=C\c1ccc(F)cc1.O=C(N[C@H]1c2ccccc2C[C@H]1O)c1nn(-c2ccc(Cl)cc2Cl)c2c1COC/C2=C\c1ccc(F)cc1. The van der Waals surface area contributed by atoms with Crippen molar-refractivity contribution >= 4 is 122 Å². The van der Waals surface area contributed by atoms with E-state index in [-0.39, 0.29) is 86.6 Å². The number of carbonyl (C=O) groups excluding carboxylic acids is 3. The second-order valence-corrected chi connectivity index (χ2v) is 29.1. The Balaban J connectivity index is 0.000000132. The van der Waals surface area contributed by atoms with Gasteiger partial charge < -0.3 is 40.4 Å². The number of nitrogens with zero attached hydrogens (tertiary/aromatic N) is 7. The first-order valence-electron chi connectivity index (χ1n) is 34.9. The van der Waals surface area contributed by atoms with Gasteiger partial charge in [0.25, 0.3) is 17.7 Å². The normalized spacial score (nSPS) is 17.7. The molecule has 5 aliphatic rings. The summed E-state index contributed by atoms with van der Waals surface area (Å²) in [5.74, 6) is -2.21. The highest BCUT2D eigenvalue weighted by atomic mass is 35.5. The molecule has 111 heavy (non-hydrogen) atoms. The van der Waals surface area contributed by atoms with Crippen LogP contribution in [0.15, 0.2) is 200 Å². The number of aliphatic hydroxyl groups is 2. The van der Waals surface area contributed by atoms with Crippen LogP contribution in [0.5, 0.6) is 0 Å². The average Bonchev–Trinajstić information content (AvgIpc) is 1.62. The third-order valence-electron chi connectivity index (χ3n) is 19.2. The molecule has 0 fully saturated rings. The van der Waals surface area contributed by atoms with Gasteiger partial charge in [0.2, 0.25) is 0 Å². The molecular weight excluding hydrogens is 1550 g/mol. The Kier molecular flexibility index (Phi) is 22.7. The van der Waals surface area contributed by atoms with E-state index in [1.807, 2.05) is 85.0 Å². The number of hydrogen-bond acceptors (Lipinski definition) is 12. The van der Waals surface area contributed by atoms with Crippen LogP contribution in [0.25, 0.3) is 52.0 Å². The topological polar surface area (TPSA) is 222 Å². The number of ether oxygens (including phenoxy) is 3. The highest BCUT2D eigenvalue weighted by molar-refractivity contribution is 6.37. The summed E-state index contributed by atoms with van der Waals surface area (Å²) in [4.78, 5) is 44.7. The molecule has 3 aliphatic heterocycles. The lowest BCUT2D eigenvalue weighted by Crippen LogP contribution is -2.34. The smallest absolute Gasteiger partial charge is 0.272 e. The van der Waals surface area contributed by atoms with Crippen LogP contribution in [0.4, 0.5) is 13.2 Å². The van der Waals surface area contributed by atoms with Crippen molar-refractivity contribution in [3.63, 3.8) is 0 Å². The lowest BCUT2D eigenvalue weighted by molar-refractivity contribution is 0.0842. The Morgan fingerprint density at radius 3 is 1.12 bits per heavy atom. The molecule has 0 saturated heterocycles. The van der Waals surface area contributed by atoms with Gasteiger partial charge in [-0.3, -0.25) is 19.4 Å². The molecule has 0 radical (unpaired) electrons. The second-order valence-electron chi connectivity index (χ2n) is 26.5. The number of carbonyl (C=O) groups is 3. The van der Waals surface area contributed by atoms with E-state index in [1.165, 1.54) is 36.4 Å². The highest BCUT2D eigenvalue weighted by Crippen LogP contribution is 2.41. The molecule has 18 nitrogen and oxygen atoms in total. The number of benzene rings is 8. The van der Waals surface area contributed by atoms with Gasteiger partial charge in [-0.15, -0.1) is 0 Å². The van der Waals surface area contributed by atoms with E-state index in [1.54, 1.807) is 111 Å². The monoisotopic (exact) mass is 1610 g/mol. The number of hydrogen-bond donors (Lipinski definition) is 5. The van der Waals surface area contributed by atoms with Gasteiger partial charge in [-0.05, 0) is 160 Å². The Morgan fingerprint density at radius 1 is 0.432 bits per heavy atom. The van der Waals surface area contributed by atoms with E-state index < -0.39 is 36.1 Å². The molecule has 4 aromatic heterocycles. The lowest BCUT2D eigenvalue weighted by Gasteiger charge is -2.20. The van der Waals surface area contributed by atoms with E-state index in [4.69, 9.17) is 94.0 Å². The highest BCUT2D eigenvalue weighted by Gasteiger charge is 2.39. The predicted molar refractivity (Wildman–Crippen MR) is 421 cm³/mol. The summed E-state index contributed by atoms with van der Waals surface area (Å²) >= 11 is 38.0.